The number of nitrogens with one attached hydrogen (secondary N) is 1. The topological polar surface area (TPSA) is 55.4 Å². The van der Waals surface area contributed by atoms with Gasteiger partial charge in [0, 0.05) is 23.4 Å². The predicted octanol–water partition coefficient (Wildman–Crippen LogP) is 2.31. The molecule has 1 unspecified atom stereocenters. The molecule has 1 atom stereocenters. The Labute approximate surface area is 120 Å². The van der Waals surface area contributed by atoms with Crippen molar-refractivity contribution in [3.8, 4) is 5.75 Å². The zero-order valence-electron chi connectivity index (χ0n) is 12.1. The van der Waals surface area contributed by atoms with E-state index in [1.165, 1.54) is 12.1 Å². The van der Waals surface area contributed by atoms with Gasteiger partial charge in [-0.2, -0.15) is 0 Å². The van der Waals surface area contributed by atoms with E-state index in [4.69, 9.17) is 4.74 Å². The van der Waals surface area contributed by atoms with Crippen LogP contribution in [0.1, 0.15) is 32.4 Å². The van der Waals surface area contributed by atoms with Gasteiger partial charge in [0.1, 0.15) is 18.2 Å². The second-order valence-electron chi connectivity index (χ2n) is 4.55. The zero-order chi connectivity index (χ0) is 15.2. The summed E-state index contributed by atoms with van der Waals surface area (Å²) in [5.74, 6) is 0.0189. The first-order valence-corrected chi connectivity index (χ1v) is 8.57. The molecule has 4 nitrogen and oxygen atoms in total. The summed E-state index contributed by atoms with van der Waals surface area (Å²) in [5, 5.41) is 3.22. The second-order valence-corrected chi connectivity index (χ2v) is 7.02. The van der Waals surface area contributed by atoms with Gasteiger partial charge in [-0.05, 0) is 19.5 Å². The highest BCUT2D eigenvalue weighted by molar-refractivity contribution is 7.91. The molecule has 1 N–H and O–H groups in total. The van der Waals surface area contributed by atoms with E-state index in [0.29, 0.717) is 5.75 Å². The van der Waals surface area contributed by atoms with Crippen LogP contribution in [0.15, 0.2) is 18.2 Å². The monoisotopic (exact) mass is 303 g/mol. The summed E-state index contributed by atoms with van der Waals surface area (Å²) in [6.07, 6.45) is 0. The normalized spacial score (nSPS) is 13.2. The van der Waals surface area contributed by atoms with Gasteiger partial charge in [-0.15, -0.1) is 0 Å². The molecule has 0 aliphatic rings. The molecule has 0 bridgehead atoms. The summed E-state index contributed by atoms with van der Waals surface area (Å²) in [7, 11) is -3.08. The summed E-state index contributed by atoms with van der Waals surface area (Å²) >= 11 is 0. The van der Waals surface area contributed by atoms with E-state index in [9.17, 15) is 12.8 Å². The van der Waals surface area contributed by atoms with Crippen molar-refractivity contribution in [3.05, 3.63) is 29.6 Å². The number of hydrogen-bond donors (Lipinski definition) is 1. The molecule has 0 amide bonds. The lowest BCUT2D eigenvalue weighted by atomic mass is 10.1. The fourth-order valence-corrected chi connectivity index (χ4v) is 2.46. The molecular formula is C14H22FNO3S. The number of ether oxygens (including phenoxy) is 1. The quantitative estimate of drug-likeness (QED) is 0.800. The molecule has 0 fully saturated rings. The van der Waals surface area contributed by atoms with Crippen LogP contribution in [0.25, 0.3) is 0 Å². The highest BCUT2D eigenvalue weighted by atomic mass is 32.2. The molecule has 0 saturated carbocycles. The van der Waals surface area contributed by atoms with Crippen molar-refractivity contribution in [2.24, 2.45) is 0 Å². The van der Waals surface area contributed by atoms with E-state index in [1.807, 2.05) is 13.8 Å². The minimum Gasteiger partial charge on any atom is -0.492 e. The second kappa shape index (κ2) is 7.59. The lowest BCUT2D eigenvalue weighted by Crippen LogP contribution is -2.20. The van der Waals surface area contributed by atoms with Gasteiger partial charge in [-0.3, -0.25) is 0 Å². The Hall–Kier alpha value is -1.14. The average Bonchev–Trinajstić information content (AvgIpc) is 2.39. The number of sulfone groups is 1. The van der Waals surface area contributed by atoms with Gasteiger partial charge in [0.2, 0.25) is 0 Å². The van der Waals surface area contributed by atoms with Crippen LogP contribution in [-0.4, -0.2) is 33.1 Å². The smallest absolute Gasteiger partial charge is 0.153 e. The van der Waals surface area contributed by atoms with Crippen LogP contribution in [0.2, 0.25) is 0 Å². The van der Waals surface area contributed by atoms with Crippen molar-refractivity contribution in [3.63, 3.8) is 0 Å². The van der Waals surface area contributed by atoms with Crippen LogP contribution in [0.3, 0.4) is 0 Å². The highest BCUT2D eigenvalue weighted by Crippen LogP contribution is 2.26. The van der Waals surface area contributed by atoms with E-state index >= 15 is 0 Å². The molecule has 0 saturated heterocycles. The molecule has 0 radical (unpaired) electrons. The highest BCUT2D eigenvalue weighted by Gasteiger charge is 2.13. The maximum Gasteiger partial charge on any atom is 0.153 e. The van der Waals surface area contributed by atoms with Crippen molar-refractivity contribution in [2.75, 3.05) is 24.7 Å². The summed E-state index contributed by atoms with van der Waals surface area (Å²) in [6.45, 7) is 6.34. The summed E-state index contributed by atoms with van der Waals surface area (Å²) in [5.41, 5.74) is 0.821. The summed E-state index contributed by atoms with van der Waals surface area (Å²) < 4.78 is 41.6. The van der Waals surface area contributed by atoms with Gasteiger partial charge in [0.25, 0.3) is 0 Å². The maximum absolute atomic E-state index is 13.3. The number of benzene rings is 1. The largest absolute Gasteiger partial charge is 0.492 e. The summed E-state index contributed by atoms with van der Waals surface area (Å²) in [6, 6.07) is 4.34. The molecule has 114 valence electrons. The van der Waals surface area contributed by atoms with Crippen LogP contribution in [0.5, 0.6) is 5.75 Å². The van der Waals surface area contributed by atoms with Gasteiger partial charge in [-0.1, -0.05) is 19.9 Å². The van der Waals surface area contributed by atoms with E-state index < -0.39 is 15.7 Å². The third-order valence-corrected chi connectivity index (χ3v) is 4.71. The maximum atomic E-state index is 13.3. The molecule has 0 spiro atoms. The Balaban J connectivity index is 2.80. The van der Waals surface area contributed by atoms with Gasteiger partial charge < -0.3 is 10.1 Å². The van der Waals surface area contributed by atoms with Crippen molar-refractivity contribution in [2.45, 2.75) is 26.8 Å². The van der Waals surface area contributed by atoms with E-state index in [1.54, 1.807) is 13.0 Å². The molecule has 20 heavy (non-hydrogen) atoms. The van der Waals surface area contributed by atoms with Crippen LogP contribution in [0, 0.1) is 5.82 Å². The molecule has 0 aliphatic heterocycles. The average molecular weight is 303 g/mol. The first-order chi connectivity index (χ1) is 9.39. The Morgan fingerprint density at radius 1 is 1.35 bits per heavy atom. The molecule has 0 heterocycles. The molecule has 0 aliphatic carbocycles. The lowest BCUT2D eigenvalue weighted by Gasteiger charge is -2.17. The van der Waals surface area contributed by atoms with Crippen molar-refractivity contribution < 1.29 is 17.5 Å². The Bertz CT molecular complexity index is 531. The van der Waals surface area contributed by atoms with Crippen molar-refractivity contribution >= 4 is 9.84 Å². The Morgan fingerprint density at radius 3 is 2.65 bits per heavy atom. The number of rotatable bonds is 8. The molecule has 1 aromatic rings. The third-order valence-electron chi connectivity index (χ3n) is 3.04. The van der Waals surface area contributed by atoms with Gasteiger partial charge >= 0.3 is 0 Å². The molecular weight excluding hydrogens is 281 g/mol. The third kappa shape index (κ3) is 5.09. The fourth-order valence-electron chi connectivity index (χ4n) is 1.83. The minimum atomic E-state index is -3.08. The standard InChI is InChI=1S/C14H22FNO3S/c1-4-16-11(3)13-7-6-12(15)10-14(13)19-8-9-20(17,18)5-2/h6-7,10-11,16H,4-5,8-9H2,1-3H3. The molecule has 0 aromatic heterocycles. The Kier molecular flexibility index (Phi) is 6.42. The zero-order valence-corrected chi connectivity index (χ0v) is 13.0. The first-order valence-electron chi connectivity index (χ1n) is 6.75. The molecule has 6 heteroatoms. The van der Waals surface area contributed by atoms with Crippen molar-refractivity contribution in [1.29, 1.82) is 0 Å². The SMILES string of the molecule is CCNC(C)c1ccc(F)cc1OCCS(=O)(=O)CC. The number of halogens is 1. The minimum absolute atomic E-state index is 0.0124. The van der Waals surface area contributed by atoms with E-state index in [0.717, 1.165) is 12.1 Å². The molecule has 1 rings (SSSR count). The summed E-state index contributed by atoms with van der Waals surface area (Å²) in [4.78, 5) is 0. The van der Waals surface area contributed by atoms with Gasteiger partial charge in [-0.25, -0.2) is 12.8 Å². The lowest BCUT2D eigenvalue weighted by molar-refractivity contribution is 0.331. The van der Waals surface area contributed by atoms with E-state index in [-0.39, 0.29) is 24.2 Å². The fraction of sp³-hybridized carbons (Fsp3) is 0.571. The van der Waals surface area contributed by atoms with Crippen LogP contribution < -0.4 is 10.1 Å². The van der Waals surface area contributed by atoms with Crippen LogP contribution in [0.4, 0.5) is 4.39 Å². The van der Waals surface area contributed by atoms with Gasteiger partial charge in [0.05, 0.1) is 5.75 Å². The predicted molar refractivity (Wildman–Crippen MR) is 78.3 cm³/mol. The van der Waals surface area contributed by atoms with Gasteiger partial charge in [0.15, 0.2) is 9.84 Å². The van der Waals surface area contributed by atoms with Crippen LogP contribution in [-0.2, 0) is 9.84 Å². The van der Waals surface area contributed by atoms with Crippen LogP contribution >= 0.6 is 0 Å². The Morgan fingerprint density at radius 2 is 2.05 bits per heavy atom. The van der Waals surface area contributed by atoms with Crippen molar-refractivity contribution in [1.82, 2.24) is 5.32 Å². The van der Waals surface area contributed by atoms with E-state index in [2.05, 4.69) is 5.32 Å². The molecule has 1 aromatic carbocycles. The number of hydrogen-bond acceptors (Lipinski definition) is 4. The first kappa shape index (κ1) is 16.9.